The topological polar surface area (TPSA) is 26.8 Å². The second kappa shape index (κ2) is 8.47. The summed E-state index contributed by atoms with van der Waals surface area (Å²) in [6, 6.07) is 4.76. The molecular weight excluding hydrogens is 305 g/mol. The summed E-state index contributed by atoms with van der Waals surface area (Å²) in [5.41, 5.74) is 0.949. The van der Waals surface area contributed by atoms with E-state index in [1.807, 2.05) is 4.90 Å². The first kappa shape index (κ1) is 18.7. The zero-order valence-electron chi connectivity index (χ0n) is 15.4. The van der Waals surface area contributed by atoms with Crippen molar-refractivity contribution in [2.24, 2.45) is 5.92 Å². The quantitative estimate of drug-likeness (QED) is 0.799. The molecule has 5 heteroatoms. The Hall–Kier alpha value is -1.62. The molecule has 24 heavy (non-hydrogen) atoms. The Kier molecular flexibility index (Phi) is 6.60. The summed E-state index contributed by atoms with van der Waals surface area (Å²) in [6.45, 7) is 9.17. The van der Waals surface area contributed by atoms with Gasteiger partial charge in [0.2, 0.25) is 0 Å². The maximum absolute atomic E-state index is 14.1. The van der Waals surface area contributed by atoms with Crippen molar-refractivity contribution in [3.8, 4) is 0 Å². The summed E-state index contributed by atoms with van der Waals surface area (Å²) >= 11 is 0. The van der Waals surface area contributed by atoms with E-state index in [-0.39, 0.29) is 11.7 Å². The van der Waals surface area contributed by atoms with Gasteiger partial charge < -0.3 is 14.7 Å². The highest BCUT2D eigenvalue weighted by molar-refractivity contribution is 5.94. The number of nitrogens with zero attached hydrogens (tertiary/aromatic N) is 3. The number of piperidine rings is 1. The third kappa shape index (κ3) is 4.47. The molecule has 1 aliphatic heterocycles. The second-order valence-electron chi connectivity index (χ2n) is 6.78. The largest absolute Gasteiger partial charge is 0.375 e. The van der Waals surface area contributed by atoms with Gasteiger partial charge in [0.25, 0.3) is 5.91 Å². The molecule has 1 aromatic rings. The fourth-order valence-corrected chi connectivity index (χ4v) is 3.35. The lowest BCUT2D eigenvalue weighted by molar-refractivity contribution is 0.0669. The minimum atomic E-state index is -0.345. The predicted octanol–water partition coefficient (Wildman–Crippen LogP) is 3.09. The van der Waals surface area contributed by atoms with Crippen molar-refractivity contribution in [3.05, 3.63) is 29.6 Å². The molecule has 4 nitrogen and oxygen atoms in total. The average molecular weight is 335 g/mol. The smallest absolute Gasteiger partial charge is 0.253 e. The Bertz CT molecular complexity index is 550. The van der Waals surface area contributed by atoms with Crippen molar-refractivity contribution >= 4 is 11.6 Å². The molecule has 0 unspecified atom stereocenters. The average Bonchev–Trinajstić information content (AvgIpc) is 2.59. The van der Waals surface area contributed by atoms with Gasteiger partial charge >= 0.3 is 0 Å². The van der Waals surface area contributed by atoms with Gasteiger partial charge in [-0.1, -0.05) is 13.8 Å². The van der Waals surface area contributed by atoms with E-state index < -0.39 is 0 Å². The Morgan fingerprint density at radius 3 is 2.33 bits per heavy atom. The van der Waals surface area contributed by atoms with E-state index in [1.165, 1.54) is 6.07 Å². The molecule has 0 spiro atoms. The van der Waals surface area contributed by atoms with Crippen molar-refractivity contribution in [2.75, 3.05) is 51.7 Å². The van der Waals surface area contributed by atoms with Crippen molar-refractivity contribution < 1.29 is 9.18 Å². The molecule has 0 aliphatic carbocycles. The third-order valence-electron chi connectivity index (χ3n) is 4.99. The van der Waals surface area contributed by atoms with Crippen molar-refractivity contribution in [3.63, 3.8) is 0 Å². The van der Waals surface area contributed by atoms with E-state index in [9.17, 15) is 9.18 Å². The SMILES string of the molecule is CCN(CC)CC1CCN(C(=O)c2ccc(N(C)C)c(F)c2)CC1. The number of likely N-dealkylation sites (tertiary alicyclic amines) is 1. The van der Waals surface area contributed by atoms with Gasteiger partial charge in [-0.3, -0.25) is 4.79 Å². The van der Waals surface area contributed by atoms with E-state index >= 15 is 0 Å². The van der Waals surface area contributed by atoms with E-state index in [2.05, 4.69) is 18.7 Å². The van der Waals surface area contributed by atoms with Crippen LogP contribution in [0.5, 0.6) is 0 Å². The summed E-state index contributed by atoms with van der Waals surface area (Å²) in [7, 11) is 3.58. The normalized spacial score (nSPS) is 15.8. The Labute approximate surface area is 145 Å². The fourth-order valence-electron chi connectivity index (χ4n) is 3.35. The van der Waals surface area contributed by atoms with Crippen LogP contribution in [0.3, 0.4) is 0 Å². The molecule has 1 saturated heterocycles. The van der Waals surface area contributed by atoms with Crippen molar-refractivity contribution in [2.45, 2.75) is 26.7 Å². The van der Waals surface area contributed by atoms with Gasteiger partial charge in [0.1, 0.15) is 5.82 Å². The van der Waals surface area contributed by atoms with Gasteiger partial charge in [0.15, 0.2) is 0 Å². The molecule has 0 atom stereocenters. The molecule has 0 bridgehead atoms. The second-order valence-corrected chi connectivity index (χ2v) is 6.78. The van der Waals surface area contributed by atoms with Crippen LogP contribution in [0, 0.1) is 11.7 Å². The molecule has 0 radical (unpaired) electrons. The molecule has 134 valence electrons. The summed E-state index contributed by atoms with van der Waals surface area (Å²) in [5.74, 6) is 0.254. The van der Waals surface area contributed by atoms with E-state index in [0.717, 1.165) is 45.6 Å². The summed E-state index contributed by atoms with van der Waals surface area (Å²) in [4.78, 5) is 18.6. The maximum Gasteiger partial charge on any atom is 0.253 e. The first-order chi connectivity index (χ1) is 11.5. The molecular formula is C19H30FN3O. The molecule has 0 N–H and O–H groups in total. The number of carbonyl (C=O) groups excluding carboxylic acids is 1. The van der Waals surface area contributed by atoms with Crippen LogP contribution in [0.1, 0.15) is 37.0 Å². The minimum Gasteiger partial charge on any atom is -0.375 e. The highest BCUT2D eigenvalue weighted by Crippen LogP contribution is 2.23. The first-order valence-corrected chi connectivity index (χ1v) is 8.94. The zero-order valence-corrected chi connectivity index (χ0v) is 15.4. The van der Waals surface area contributed by atoms with Crippen LogP contribution >= 0.6 is 0 Å². The molecule has 1 fully saturated rings. The van der Waals surface area contributed by atoms with Gasteiger partial charge in [0.05, 0.1) is 5.69 Å². The van der Waals surface area contributed by atoms with Crippen LogP contribution < -0.4 is 4.90 Å². The van der Waals surface area contributed by atoms with Gasteiger partial charge in [-0.25, -0.2) is 4.39 Å². The van der Waals surface area contributed by atoms with Crippen molar-refractivity contribution in [1.82, 2.24) is 9.80 Å². The van der Waals surface area contributed by atoms with Crippen LogP contribution in [0.4, 0.5) is 10.1 Å². The molecule has 1 aromatic carbocycles. The first-order valence-electron chi connectivity index (χ1n) is 8.94. The van der Waals surface area contributed by atoms with Crippen LogP contribution in [-0.2, 0) is 0 Å². The lowest BCUT2D eigenvalue weighted by Crippen LogP contribution is -2.41. The lowest BCUT2D eigenvalue weighted by Gasteiger charge is -2.34. The fraction of sp³-hybridized carbons (Fsp3) is 0.632. The monoisotopic (exact) mass is 335 g/mol. The van der Waals surface area contributed by atoms with Crippen molar-refractivity contribution in [1.29, 1.82) is 0 Å². The van der Waals surface area contributed by atoms with Gasteiger partial charge in [-0.15, -0.1) is 0 Å². The van der Waals surface area contributed by atoms with Crippen LogP contribution in [-0.4, -0.2) is 62.5 Å². The molecule has 1 aliphatic rings. The van der Waals surface area contributed by atoms with Gasteiger partial charge in [0, 0.05) is 39.3 Å². The van der Waals surface area contributed by atoms with Crippen LogP contribution in [0.25, 0.3) is 0 Å². The number of anilines is 1. The van der Waals surface area contributed by atoms with Gasteiger partial charge in [-0.2, -0.15) is 0 Å². The maximum atomic E-state index is 14.1. The Morgan fingerprint density at radius 2 is 1.83 bits per heavy atom. The summed E-state index contributed by atoms with van der Waals surface area (Å²) < 4.78 is 14.1. The number of carbonyl (C=O) groups is 1. The predicted molar refractivity (Wildman–Crippen MR) is 97.1 cm³/mol. The van der Waals surface area contributed by atoms with E-state index in [0.29, 0.717) is 17.2 Å². The number of halogens is 1. The highest BCUT2D eigenvalue weighted by Gasteiger charge is 2.25. The number of amides is 1. The Morgan fingerprint density at radius 1 is 1.21 bits per heavy atom. The molecule has 0 saturated carbocycles. The van der Waals surface area contributed by atoms with Crippen LogP contribution in [0.2, 0.25) is 0 Å². The zero-order chi connectivity index (χ0) is 17.7. The molecule has 2 rings (SSSR count). The number of rotatable bonds is 6. The molecule has 1 amide bonds. The highest BCUT2D eigenvalue weighted by atomic mass is 19.1. The number of hydrogen-bond donors (Lipinski definition) is 0. The van der Waals surface area contributed by atoms with Crippen LogP contribution in [0.15, 0.2) is 18.2 Å². The summed E-state index contributed by atoms with van der Waals surface area (Å²) in [6.07, 6.45) is 2.06. The van der Waals surface area contributed by atoms with Gasteiger partial charge in [-0.05, 0) is 50.0 Å². The molecule has 0 aromatic heterocycles. The standard InChI is InChI=1S/C19H30FN3O/c1-5-22(6-2)14-15-9-11-23(12-10-15)19(24)16-7-8-18(21(3)4)17(20)13-16/h7-8,13,15H,5-6,9-12,14H2,1-4H3. The van der Waals surface area contributed by atoms with E-state index in [4.69, 9.17) is 0 Å². The number of hydrogen-bond acceptors (Lipinski definition) is 3. The minimum absolute atomic E-state index is 0.0551. The number of benzene rings is 1. The van der Waals surface area contributed by atoms with E-state index in [1.54, 1.807) is 31.1 Å². The molecule has 1 heterocycles. The summed E-state index contributed by atoms with van der Waals surface area (Å²) in [5, 5.41) is 0. The third-order valence-corrected chi connectivity index (χ3v) is 4.99. The Balaban J connectivity index is 1.94. The lowest BCUT2D eigenvalue weighted by atomic mass is 9.95.